The average Bonchev–Trinajstić information content (AvgIpc) is 3.51. The molecule has 1 aromatic carbocycles. The molecule has 1 saturated heterocycles. The van der Waals surface area contributed by atoms with E-state index in [4.69, 9.17) is 4.42 Å². The number of allylic oxidation sites excluding steroid dienone is 2. The third kappa shape index (κ3) is 3.40. The van der Waals surface area contributed by atoms with E-state index in [1.807, 2.05) is 49.4 Å². The van der Waals surface area contributed by atoms with Gasteiger partial charge < -0.3 is 4.42 Å². The highest BCUT2D eigenvalue weighted by Gasteiger charge is 2.48. The molecule has 158 valence electrons. The molecular weight excluding hydrogens is 394 g/mol. The molecule has 1 aromatic heterocycles. The summed E-state index contributed by atoms with van der Waals surface area (Å²) < 4.78 is 5.57. The number of likely N-dealkylation sites (tertiary alicyclic amines) is 1. The fourth-order valence-corrected chi connectivity index (χ4v) is 4.60. The molecule has 2 aromatic rings. The quantitative estimate of drug-likeness (QED) is 0.565. The zero-order valence-corrected chi connectivity index (χ0v) is 17.2. The molecule has 3 amide bonds. The fraction of sp³-hybridized carbons (Fsp3) is 0.333. The first-order valence-electron chi connectivity index (χ1n) is 10.5. The summed E-state index contributed by atoms with van der Waals surface area (Å²) in [5.41, 5.74) is 2.84. The number of aryl methyl sites for hydroxylation is 1. The molecule has 0 spiro atoms. The van der Waals surface area contributed by atoms with Crippen molar-refractivity contribution in [3.05, 3.63) is 71.7 Å². The minimum atomic E-state index is -0.407. The van der Waals surface area contributed by atoms with Crippen LogP contribution in [0.4, 0.5) is 0 Å². The maximum absolute atomic E-state index is 13.3. The van der Waals surface area contributed by atoms with Crippen LogP contribution in [0, 0.1) is 18.8 Å². The number of fused-ring (bicyclic) bond motifs is 1. The molecule has 3 aliphatic rings. The average molecular weight is 417 g/mol. The number of hydrogen-bond acceptors (Lipinski definition) is 5. The van der Waals surface area contributed by atoms with Gasteiger partial charge in [-0.3, -0.25) is 19.3 Å². The first-order valence-corrected chi connectivity index (χ1v) is 10.5. The van der Waals surface area contributed by atoms with Crippen LogP contribution < -0.4 is 0 Å². The van der Waals surface area contributed by atoms with Crippen LogP contribution in [0.15, 0.2) is 64.3 Å². The Labute approximate surface area is 180 Å². The molecule has 1 aliphatic carbocycles. The van der Waals surface area contributed by atoms with Crippen molar-refractivity contribution in [1.82, 2.24) is 9.91 Å². The van der Waals surface area contributed by atoms with Gasteiger partial charge in [0.1, 0.15) is 18.3 Å². The van der Waals surface area contributed by atoms with Gasteiger partial charge in [-0.15, -0.1) is 0 Å². The Bertz CT molecular complexity index is 1060. The summed E-state index contributed by atoms with van der Waals surface area (Å²) in [4.78, 5) is 39.9. The van der Waals surface area contributed by atoms with Crippen molar-refractivity contribution in [2.24, 2.45) is 16.9 Å². The highest BCUT2D eigenvalue weighted by Crippen LogP contribution is 2.36. The molecule has 0 N–H and O–H groups in total. The maximum Gasteiger partial charge on any atom is 0.263 e. The fourth-order valence-electron chi connectivity index (χ4n) is 4.60. The number of nitrogens with zero attached hydrogens (tertiary/aromatic N) is 3. The Balaban J connectivity index is 1.40. The van der Waals surface area contributed by atoms with E-state index in [1.165, 1.54) is 5.01 Å². The van der Waals surface area contributed by atoms with Crippen molar-refractivity contribution in [3.8, 4) is 0 Å². The highest BCUT2D eigenvalue weighted by atomic mass is 16.3. The predicted molar refractivity (Wildman–Crippen MR) is 113 cm³/mol. The smallest absolute Gasteiger partial charge is 0.263 e. The minimum absolute atomic E-state index is 0.260. The molecule has 31 heavy (non-hydrogen) atoms. The molecule has 7 nitrogen and oxygen atoms in total. The van der Waals surface area contributed by atoms with Gasteiger partial charge in [-0.1, -0.05) is 42.0 Å². The van der Waals surface area contributed by atoms with E-state index < -0.39 is 11.9 Å². The monoisotopic (exact) mass is 417 g/mol. The van der Waals surface area contributed by atoms with Crippen LogP contribution in [0.5, 0.6) is 0 Å². The SMILES string of the molecule is Cc1ccc(C2=NN(C(=O)CN3C(=O)[C@H]4CC=CC[C@@H]4C3=O)[C@@H](c3ccco3)C2)cc1. The number of imide groups is 1. The van der Waals surface area contributed by atoms with E-state index in [0.29, 0.717) is 25.0 Å². The molecular formula is C24H23N3O4. The highest BCUT2D eigenvalue weighted by molar-refractivity contribution is 6.08. The minimum Gasteiger partial charge on any atom is -0.467 e. The number of rotatable bonds is 4. The molecule has 2 aliphatic heterocycles. The van der Waals surface area contributed by atoms with Crippen molar-refractivity contribution in [2.75, 3.05) is 6.54 Å². The van der Waals surface area contributed by atoms with Crippen LogP contribution in [-0.2, 0) is 14.4 Å². The van der Waals surface area contributed by atoms with E-state index in [9.17, 15) is 14.4 Å². The summed E-state index contributed by atoms with van der Waals surface area (Å²) in [6.07, 6.45) is 7.03. The molecule has 0 unspecified atom stereocenters. The lowest BCUT2D eigenvalue weighted by molar-refractivity contribution is -0.147. The molecule has 0 bridgehead atoms. The number of benzene rings is 1. The van der Waals surface area contributed by atoms with Gasteiger partial charge in [0.2, 0.25) is 11.8 Å². The molecule has 7 heteroatoms. The van der Waals surface area contributed by atoms with Gasteiger partial charge in [-0.05, 0) is 37.5 Å². The first kappa shape index (κ1) is 19.5. The Morgan fingerprint density at radius 2 is 1.74 bits per heavy atom. The summed E-state index contributed by atoms with van der Waals surface area (Å²) in [5.74, 6) is -0.992. The largest absolute Gasteiger partial charge is 0.467 e. The third-order valence-electron chi connectivity index (χ3n) is 6.31. The number of carbonyl (C=O) groups is 3. The molecule has 1 fully saturated rings. The van der Waals surface area contributed by atoms with Crippen LogP contribution in [0.3, 0.4) is 0 Å². The first-order chi connectivity index (χ1) is 15.0. The number of hydrogen-bond donors (Lipinski definition) is 0. The second kappa shape index (κ2) is 7.65. The van der Waals surface area contributed by atoms with Crippen LogP contribution in [0.25, 0.3) is 0 Å². The van der Waals surface area contributed by atoms with Crippen LogP contribution in [0.1, 0.15) is 42.2 Å². The topological polar surface area (TPSA) is 83.2 Å². The molecule has 3 atom stereocenters. The molecule has 0 saturated carbocycles. The summed E-state index contributed by atoms with van der Waals surface area (Å²) >= 11 is 0. The summed E-state index contributed by atoms with van der Waals surface area (Å²) in [7, 11) is 0. The van der Waals surface area contributed by atoms with Gasteiger partial charge in [-0.25, -0.2) is 5.01 Å². The third-order valence-corrected chi connectivity index (χ3v) is 6.31. The lowest BCUT2D eigenvalue weighted by Crippen LogP contribution is -2.41. The van der Waals surface area contributed by atoms with Gasteiger partial charge in [0.05, 0.1) is 23.8 Å². The Morgan fingerprint density at radius 1 is 1.06 bits per heavy atom. The predicted octanol–water partition coefficient (Wildman–Crippen LogP) is 3.22. The maximum atomic E-state index is 13.3. The number of hydrazone groups is 1. The standard InChI is InChI=1S/C24H23N3O4/c1-15-8-10-16(11-9-15)19-13-20(21-7-4-12-31-21)27(25-19)22(28)14-26-23(29)17-5-2-3-6-18(17)24(26)30/h2-4,7-12,17-18,20H,5-6,13-14H2,1H3/t17-,18-,20+/m0/s1. The lowest BCUT2D eigenvalue weighted by Gasteiger charge is -2.22. The van der Waals surface area contributed by atoms with Gasteiger partial charge in [-0.2, -0.15) is 5.10 Å². The van der Waals surface area contributed by atoms with E-state index in [-0.39, 0.29) is 30.2 Å². The van der Waals surface area contributed by atoms with Gasteiger partial charge >= 0.3 is 0 Å². The normalized spacial score (nSPS) is 25.2. The van der Waals surface area contributed by atoms with Crippen LogP contribution >= 0.6 is 0 Å². The van der Waals surface area contributed by atoms with E-state index in [0.717, 1.165) is 21.7 Å². The van der Waals surface area contributed by atoms with Gasteiger partial charge in [0.25, 0.3) is 5.91 Å². The van der Waals surface area contributed by atoms with Crippen molar-refractivity contribution in [3.63, 3.8) is 0 Å². The molecule has 3 heterocycles. The Morgan fingerprint density at radius 3 is 2.35 bits per heavy atom. The number of amides is 3. The number of furan rings is 1. The van der Waals surface area contributed by atoms with Crippen LogP contribution in [0.2, 0.25) is 0 Å². The van der Waals surface area contributed by atoms with E-state index in [2.05, 4.69) is 5.10 Å². The Kier molecular flexibility index (Phi) is 4.81. The molecule has 5 rings (SSSR count). The van der Waals surface area contributed by atoms with Crippen molar-refractivity contribution < 1.29 is 18.8 Å². The lowest BCUT2D eigenvalue weighted by atomic mass is 9.85. The summed E-state index contributed by atoms with van der Waals surface area (Å²) in [5, 5.41) is 5.96. The van der Waals surface area contributed by atoms with Crippen molar-refractivity contribution in [1.29, 1.82) is 0 Å². The van der Waals surface area contributed by atoms with Gasteiger partial charge in [0.15, 0.2) is 0 Å². The van der Waals surface area contributed by atoms with Crippen molar-refractivity contribution in [2.45, 2.75) is 32.2 Å². The second-order valence-electron chi connectivity index (χ2n) is 8.30. The summed E-state index contributed by atoms with van der Waals surface area (Å²) in [6.45, 7) is 1.71. The van der Waals surface area contributed by atoms with E-state index >= 15 is 0 Å². The summed E-state index contributed by atoms with van der Waals surface area (Å²) in [6, 6.07) is 11.1. The number of carbonyl (C=O) groups excluding carboxylic acids is 3. The van der Waals surface area contributed by atoms with Crippen molar-refractivity contribution >= 4 is 23.4 Å². The van der Waals surface area contributed by atoms with Gasteiger partial charge in [0, 0.05) is 6.42 Å². The molecule has 0 radical (unpaired) electrons. The zero-order valence-electron chi connectivity index (χ0n) is 17.2. The zero-order chi connectivity index (χ0) is 21.5. The Hall–Kier alpha value is -3.48. The van der Waals surface area contributed by atoms with Crippen LogP contribution in [-0.4, -0.2) is 39.9 Å². The second-order valence-corrected chi connectivity index (χ2v) is 8.30. The van der Waals surface area contributed by atoms with E-state index in [1.54, 1.807) is 12.3 Å².